The van der Waals surface area contributed by atoms with E-state index < -0.39 is 0 Å². The average molecular weight is 231 g/mol. The van der Waals surface area contributed by atoms with Gasteiger partial charge in [0, 0.05) is 30.8 Å². The van der Waals surface area contributed by atoms with Crippen molar-refractivity contribution in [2.75, 3.05) is 11.9 Å². The summed E-state index contributed by atoms with van der Waals surface area (Å²) in [5, 5.41) is 3.31. The minimum Gasteiger partial charge on any atom is -0.449 e. The fraction of sp³-hybridized carbons (Fsp3) is 0.308. The molecule has 1 atom stereocenters. The Hall–Kier alpha value is -1.81. The van der Waals surface area contributed by atoms with E-state index in [4.69, 9.17) is 10.2 Å². The van der Waals surface area contributed by atoms with E-state index in [1.54, 1.807) is 6.26 Å². The molecule has 0 saturated carbocycles. The number of nitrogens with two attached hydrogens (primary N) is 1. The molecule has 0 saturated heterocycles. The van der Waals surface area contributed by atoms with Gasteiger partial charge in [0.05, 0.1) is 0 Å². The lowest BCUT2D eigenvalue weighted by atomic mass is 10.1. The van der Waals surface area contributed by atoms with Crippen LogP contribution in [0, 0.1) is 6.92 Å². The molecule has 1 unspecified atom stereocenters. The fourth-order valence-electron chi connectivity index (χ4n) is 1.58. The molecule has 0 bridgehead atoms. The van der Waals surface area contributed by atoms with Crippen molar-refractivity contribution in [1.82, 2.24) is 4.98 Å². The first kappa shape index (κ1) is 11.7. The number of nitrogens with one attached hydrogen (secondary N) is 1. The van der Waals surface area contributed by atoms with Gasteiger partial charge >= 0.3 is 0 Å². The lowest BCUT2D eigenvalue weighted by Crippen LogP contribution is -2.24. The molecule has 0 aliphatic rings. The first-order chi connectivity index (χ1) is 8.19. The maximum absolute atomic E-state index is 5.56. The maximum Gasteiger partial charge on any atom is 0.191 e. The number of oxazole rings is 1. The van der Waals surface area contributed by atoms with Gasteiger partial charge in [-0.15, -0.1) is 0 Å². The molecule has 0 spiro atoms. The van der Waals surface area contributed by atoms with E-state index in [0.717, 1.165) is 16.9 Å². The molecule has 0 radical (unpaired) electrons. The number of aromatic nitrogens is 1. The second-order valence-electron chi connectivity index (χ2n) is 4.11. The Balaban J connectivity index is 2.13. The third-order valence-electron chi connectivity index (χ3n) is 2.57. The molecule has 2 rings (SSSR count). The zero-order chi connectivity index (χ0) is 12.3. The van der Waals surface area contributed by atoms with Gasteiger partial charge in [0.2, 0.25) is 0 Å². The first-order valence-electron chi connectivity index (χ1n) is 5.68. The molecule has 1 aromatic carbocycles. The van der Waals surface area contributed by atoms with Crippen LogP contribution in [0.25, 0.3) is 11.3 Å². The van der Waals surface area contributed by atoms with Crippen molar-refractivity contribution in [3.63, 3.8) is 0 Å². The van der Waals surface area contributed by atoms with Crippen LogP contribution in [0.1, 0.15) is 12.8 Å². The van der Waals surface area contributed by atoms with Crippen molar-refractivity contribution in [3.05, 3.63) is 36.4 Å². The third-order valence-corrected chi connectivity index (χ3v) is 2.57. The first-order valence-corrected chi connectivity index (χ1v) is 5.68. The summed E-state index contributed by atoms with van der Waals surface area (Å²) in [6.07, 6.45) is 1.67. The van der Waals surface area contributed by atoms with E-state index >= 15 is 0 Å². The second-order valence-corrected chi connectivity index (χ2v) is 4.11. The number of rotatable bonds is 4. The van der Waals surface area contributed by atoms with Crippen molar-refractivity contribution in [2.24, 2.45) is 5.73 Å². The molecule has 3 N–H and O–H groups in total. The van der Waals surface area contributed by atoms with Gasteiger partial charge in [-0.25, -0.2) is 4.98 Å². The van der Waals surface area contributed by atoms with Crippen LogP contribution in [-0.2, 0) is 0 Å². The standard InChI is InChI=1S/C13H17N3O/c1-9(7-14)15-12-5-3-11(4-6-12)13-8-17-10(2)16-13/h3-6,8-9,15H,7,14H2,1-2H3. The Morgan fingerprint density at radius 1 is 1.35 bits per heavy atom. The molecule has 90 valence electrons. The van der Waals surface area contributed by atoms with Crippen LogP contribution >= 0.6 is 0 Å². The minimum absolute atomic E-state index is 0.273. The lowest BCUT2D eigenvalue weighted by molar-refractivity contribution is 0.521. The quantitative estimate of drug-likeness (QED) is 0.848. The zero-order valence-corrected chi connectivity index (χ0v) is 10.1. The Morgan fingerprint density at radius 3 is 2.59 bits per heavy atom. The Morgan fingerprint density at radius 2 is 2.06 bits per heavy atom. The highest BCUT2D eigenvalue weighted by atomic mass is 16.3. The summed E-state index contributed by atoms with van der Waals surface area (Å²) >= 11 is 0. The molecule has 17 heavy (non-hydrogen) atoms. The Labute approximate surface area is 101 Å². The van der Waals surface area contributed by atoms with Gasteiger partial charge in [0.15, 0.2) is 5.89 Å². The van der Waals surface area contributed by atoms with E-state index in [1.807, 2.05) is 31.2 Å². The molecule has 4 nitrogen and oxygen atoms in total. The summed E-state index contributed by atoms with van der Waals surface area (Å²) in [5.41, 5.74) is 8.53. The lowest BCUT2D eigenvalue weighted by Gasteiger charge is -2.12. The number of hydrogen-bond donors (Lipinski definition) is 2. The smallest absolute Gasteiger partial charge is 0.191 e. The van der Waals surface area contributed by atoms with Gasteiger partial charge in [-0.1, -0.05) is 12.1 Å². The van der Waals surface area contributed by atoms with E-state index in [1.165, 1.54) is 0 Å². The molecule has 0 aliphatic carbocycles. The topological polar surface area (TPSA) is 64.1 Å². The van der Waals surface area contributed by atoms with Gasteiger partial charge in [0.25, 0.3) is 0 Å². The van der Waals surface area contributed by atoms with Gasteiger partial charge in [0.1, 0.15) is 12.0 Å². The summed E-state index contributed by atoms with van der Waals surface area (Å²) < 4.78 is 5.19. The van der Waals surface area contributed by atoms with Crippen molar-refractivity contribution in [1.29, 1.82) is 0 Å². The van der Waals surface area contributed by atoms with Gasteiger partial charge in [-0.2, -0.15) is 0 Å². The van der Waals surface area contributed by atoms with Crippen LogP contribution in [0.15, 0.2) is 34.9 Å². The van der Waals surface area contributed by atoms with Gasteiger partial charge in [-0.05, 0) is 19.1 Å². The van der Waals surface area contributed by atoms with E-state index in [9.17, 15) is 0 Å². The highest BCUT2D eigenvalue weighted by Gasteiger charge is 2.04. The fourth-order valence-corrected chi connectivity index (χ4v) is 1.58. The van der Waals surface area contributed by atoms with Crippen LogP contribution in [-0.4, -0.2) is 17.6 Å². The zero-order valence-electron chi connectivity index (χ0n) is 10.1. The molecule has 1 heterocycles. The van der Waals surface area contributed by atoms with Crippen LogP contribution in [0.4, 0.5) is 5.69 Å². The molecule has 0 amide bonds. The number of anilines is 1. The Kier molecular flexibility index (Phi) is 3.44. The second kappa shape index (κ2) is 5.01. The average Bonchev–Trinajstić information content (AvgIpc) is 2.77. The molecule has 1 aromatic heterocycles. The molecule has 4 heteroatoms. The van der Waals surface area contributed by atoms with Crippen LogP contribution in [0.3, 0.4) is 0 Å². The number of nitrogens with zero attached hydrogens (tertiary/aromatic N) is 1. The molecular weight excluding hydrogens is 214 g/mol. The monoisotopic (exact) mass is 231 g/mol. The van der Waals surface area contributed by atoms with Gasteiger partial charge in [-0.3, -0.25) is 0 Å². The van der Waals surface area contributed by atoms with E-state index in [2.05, 4.69) is 17.2 Å². The molecular formula is C13H17N3O. The molecule has 2 aromatic rings. The summed E-state index contributed by atoms with van der Waals surface area (Å²) in [7, 11) is 0. The van der Waals surface area contributed by atoms with Crippen molar-refractivity contribution >= 4 is 5.69 Å². The normalized spacial score (nSPS) is 12.4. The highest BCUT2D eigenvalue weighted by molar-refractivity contribution is 5.61. The molecule has 0 fully saturated rings. The molecule has 0 aliphatic heterocycles. The predicted octanol–water partition coefficient (Wildman–Crippen LogP) is 2.41. The van der Waals surface area contributed by atoms with Gasteiger partial charge < -0.3 is 15.5 Å². The van der Waals surface area contributed by atoms with Crippen LogP contribution in [0.5, 0.6) is 0 Å². The van der Waals surface area contributed by atoms with Crippen LogP contribution < -0.4 is 11.1 Å². The SMILES string of the molecule is Cc1nc(-c2ccc(NC(C)CN)cc2)co1. The van der Waals surface area contributed by atoms with Crippen molar-refractivity contribution in [3.8, 4) is 11.3 Å². The number of hydrogen-bond acceptors (Lipinski definition) is 4. The Bertz CT molecular complexity index is 476. The van der Waals surface area contributed by atoms with Crippen molar-refractivity contribution < 1.29 is 4.42 Å². The summed E-state index contributed by atoms with van der Waals surface area (Å²) in [6.45, 7) is 4.50. The van der Waals surface area contributed by atoms with E-state index in [-0.39, 0.29) is 6.04 Å². The highest BCUT2D eigenvalue weighted by Crippen LogP contribution is 2.20. The maximum atomic E-state index is 5.56. The summed E-state index contributed by atoms with van der Waals surface area (Å²) in [5.74, 6) is 0.680. The summed E-state index contributed by atoms with van der Waals surface area (Å²) in [4.78, 5) is 4.28. The van der Waals surface area contributed by atoms with Crippen molar-refractivity contribution in [2.45, 2.75) is 19.9 Å². The largest absolute Gasteiger partial charge is 0.449 e. The third kappa shape index (κ3) is 2.85. The van der Waals surface area contributed by atoms with Crippen LogP contribution in [0.2, 0.25) is 0 Å². The summed E-state index contributed by atoms with van der Waals surface area (Å²) in [6, 6.07) is 8.35. The predicted molar refractivity (Wildman–Crippen MR) is 68.8 cm³/mol. The number of benzene rings is 1. The van der Waals surface area contributed by atoms with E-state index in [0.29, 0.717) is 12.4 Å². The minimum atomic E-state index is 0.273. The number of aryl methyl sites for hydroxylation is 1.